The van der Waals surface area contributed by atoms with Crippen LogP contribution in [0.3, 0.4) is 0 Å². The SMILES string of the molecule is Cn1cc(-c2nc(C(=O)NC3(C(=O)O)CCSCC3)cs2)cn1. The summed E-state index contributed by atoms with van der Waals surface area (Å²) in [4.78, 5) is 28.3. The predicted octanol–water partition coefficient (Wildman–Crippen LogP) is 1.62. The van der Waals surface area contributed by atoms with Crippen molar-refractivity contribution in [2.75, 3.05) is 11.5 Å². The van der Waals surface area contributed by atoms with Crippen molar-refractivity contribution in [1.29, 1.82) is 0 Å². The molecule has 2 aromatic heterocycles. The number of nitrogens with one attached hydrogen (secondary N) is 1. The first kappa shape index (κ1) is 16.0. The molecule has 1 fully saturated rings. The molecule has 0 radical (unpaired) electrons. The van der Waals surface area contributed by atoms with Crippen molar-refractivity contribution in [2.24, 2.45) is 7.05 Å². The van der Waals surface area contributed by atoms with E-state index in [0.717, 1.165) is 17.1 Å². The minimum atomic E-state index is -1.18. The minimum Gasteiger partial charge on any atom is -0.480 e. The van der Waals surface area contributed by atoms with Crippen molar-refractivity contribution in [3.8, 4) is 10.6 Å². The highest BCUT2D eigenvalue weighted by Gasteiger charge is 2.41. The molecule has 7 nitrogen and oxygen atoms in total. The van der Waals surface area contributed by atoms with Gasteiger partial charge in [0.2, 0.25) is 0 Å². The van der Waals surface area contributed by atoms with E-state index in [2.05, 4.69) is 15.4 Å². The highest BCUT2D eigenvalue weighted by molar-refractivity contribution is 7.99. The van der Waals surface area contributed by atoms with Gasteiger partial charge in [0.15, 0.2) is 0 Å². The molecule has 0 aromatic carbocycles. The highest BCUT2D eigenvalue weighted by atomic mass is 32.2. The zero-order valence-electron chi connectivity index (χ0n) is 12.5. The van der Waals surface area contributed by atoms with Gasteiger partial charge in [-0.05, 0) is 24.3 Å². The molecule has 1 saturated heterocycles. The summed E-state index contributed by atoms with van der Waals surface area (Å²) in [5, 5.41) is 18.6. The van der Waals surface area contributed by atoms with Gasteiger partial charge in [-0.1, -0.05) is 0 Å². The first-order valence-corrected chi connectivity index (χ1v) is 9.12. The Morgan fingerprint density at radius 2 is 2.13 bits per heavy atom. The Hall–Kier alpha value is -1.87. The van der Waals surface area contributed by atoms with E-state index in [0.29, 0.717) is 17.8 Å². The number of hydrogen-bond acceptors (Lipinski definition) is 6. The highest BCUT2D eigenvalue weighted by Crippen LogP contribution is 2.28. The number of nitrogens with zero attached hydrogens (tertiary/aromatic N) is 3. The van der Waals surface area contributed by atoms with Gasteiger partial charge >= 0.3 is 5.97 Å². The summed E-state index contributed by atoms with van der Waals surface area (Å²) in [6.45, 7) is 0. The van der Waals surface area contributed by atoms with Crippen LogP contribution >= 0.6 is 23.1 Å². The molecule has 2 aromatic rings. The molecule has 23 heavy (non-hydrogen) atoms. The van der Waals surface area contributed by atoms with Crippen molar-refractivity contribution in [3.63, 3.8) is 0 Å². The number of thiazole rings is 1. The first-order valence-electron chi connectivity index (χ1n) is 7.08. The maximum Gasteiger partial charge on any atom is 0.329 e. The second kappa shape index (κ2) is 6.32. The van der Waals surface area contributed by atoms with Gasteiger partial charge in [0.1, 0.15) is 16.2 Å². The van der Waals surface area contributed by atoms with Crippen LogP contribution in [0.2, 0.25) is 0 Å². The van der Waals surface area contributed by atoms with Gasteiger partial charge in [0, 0.05) is 24.2 Å². The number of amides is 1. The molecule has 1 amide bonds. The summed E-state index contributed by atoms with van der Waals surface area (Å²) < 4.78 is 1.66. The van der Waals surface area contributed by atoms with Crippen LogP contribution in [0.5, 0.6) is 0 Å². The average molecular weight is 352 g/mol. The summed E-state index contributed by atoms with van der Waals surface area (Å²) in [6.07, 6.45) is 4.35. The molecule has 0 bridgehead atoms. The van der Waals surface area contributed by atoms with Crippen molar-refractivity contribution in [2.45, 2.75) is 18.4 Å². The molecule has 0 aliphatic carbocycles. The Kier molecular flexibility index (Phi) is 4.40. The molecule has 0 atom stereocenters. The van der Waals surface area contributed by atoms with Crippen molar-refractivity contribution in [1.82, 2.24) is 20.1 Å². The van der Waals surface area contributed by atoms with Crippen LogP contribution in [-0.2, 0) is 11.8 Å². The zero-order valence-corrected chi connectivity index (χ0v) is 14.1. The Bertz CT molecular complexity index is 734. The van der Waals surface area contributed by atoms with E-state index >= 15 is 0 Å². The lowest BCUT2D eigenvalue weighted by Crippen LogP contribution is -2.56. The molecule has 2 N–H and O–H groups in total. The molecule has 0 unspecified atom stereocenters. The zero-order chi connectivity index (χ0) is 16.4. The number of carboxylic acids is 1. The molecular formula is C14H16N4O3S2. The fourth-order valence-electron chi connectivity index (χ4n) is 2.44. The Balaban J connectivity index is 1.78. The molecule has 0 spiro atoms. The Morgan fingerprint density at radius 1 is 1.39 bits per heavy atom. The van der Waals surface area contributed by atoms with E-state index in [1.165, 1.54) is 11.3 Å². The number of aryl methyl sites for hydroxylation is 1. The van der Waals surface area contributed by atoms with Gasteiger partial charge in [-0.15, -0.1) is 11.3 Å². The summed E-state index contributed by atoms with van der Waals surface area (Å²) in [5.74, 6) is 0.0365. The quantitative estimate of drug-likeness (QED) is 0.868. The topological polar surface area (TPSA) is 97.1 Å². The summed E-state index contributed by atoms with van der Waals surface area (Å²) >= 11 is 3.04. The van der Waals surface area contributed by atoms with E-state index in [-0.39, 0.29) is 5.69 Å². The fourth-order valence-corrected chi connectivity index (χ4v) is 4.40. The lowest BCUT2D eigenvalue weighted by atomic mass is 9.92. The summed E-state index contributed by atoms with van der Waals surface area (Å²) in [7, 11) is 1.81. The average Bonchev–Trinajstić information content (AvgIpc) is 3.16. The van der Waals surface area contributed by atoms with Gasteiger partial charge in [-0.2, -0.15) is 16.9 Å². The van der Waals surface area contributed by atoms with Crippen LogP contribution in [-0.4, -0.2) is 48.8 Å². The number of aliphatic carboxylic acids is 1. The number of carbonyl (C=O) groups is 2. The van der Waals surface area contributed by atoms with Gasteiger partial charge in [-0.3, -0.25) is 9.48 Å². The van der Waals surface area contributed by atoms with Crippen LogP contribution < -0.4 is 5.32 Å². The van der Waals surface area contributed by atoms with Gasteiger partial charge in [0.05, 0.1) is 6.20 Å². The summed E-state index contributed by atoms with van der Waals surface area (Å²) in [5.41, 5.74) is -0.105. The lowest BCUT2D eigenvalue weighted by Gasteiger charge is -2.33. The molecule has 3 rings (SSSR count). The number of rotatable bonds is 4. The second-order valence-corrected chi connectivity index (χ2v) is 7.48. The number of carboxylic acid groups (broad SMARTS) is 1. The van der Waals surface area contributed by atoms with Crippen LogP contribution in [0.1, 0.15) is 23.3 Å². The van der Waals surface area contributed by atoms with Gasteiger partial charge in [0.25, 0.3) is 5.91 Å². The minimum absolute atomic E-state index is 0.243. The Morgan fingerprint density at radius 3 is 2.74 bits per heavy atom. The van der Waals surface area contributed by atoms with E-state index in [1.54, 1.807) is 28.0 Å². The van der Waals surface area contributed by atoms with E-state index < -0.39 is 17.4 Å². The standard InChI is InChI=1S/C14H16N4O3S2/c1-18-7-9(6-15-18)12-16-10(8-23-12)11(19)17-14(13(20)21)2-4-22-5-3-14/h6-8H,2-5H2,1H3,(H,17,19)(H,20,21). The fraction of sp³-hybridized carbons (Fsp3) is 0.429. The predicted molar refractivity (Wildman–Crippen MR) is 88.7 cm³/mol. The number of hydrogen-bond donors (Lipinski definition) is 2. The molecule has 9 heteroatoms. The molecule has 1 aliphatic heterocycles. The van der Waals surface area contributed by atoms with Crippen molar-refractivity contribution >= 4 is 35.0 Å². The first-order chi connectivity index (χ1) is 11.0. The maximum absolute atomic E-state index is 12.4. The molecule has 3 heterocycles. The molecule has 0 saturated carbocycles. The van der Waals surface area contributed by atoms with Crippen molar-refractivity contribution in [3.05, 3.63) is 23.5 Å². The van der Waals surface area contributed by atoms with Crippen molar-refractivity contribution < 1.29 is 14.7 Å². The van der Waals surface area contributed by atoms with Crippen LogP contribution in [0.25, 0.3) is 10.6 Å². The number of aromatic nitrogens is 3. The van der Waals surface area contributed by atoms with Gasteiger partial charge in [-0.25, -0.2) is 9.78 Å². The third-order valence-electron chi connectivity index (χ3n) is 3.80. The molecular weight excluding hydrogens is 336 g/mol. The third kappa shape index (κ3) is 3.25. The van der Waals surface area contributed by atoms with Crippen LogP contribution in [0, 0.1) is 0 Å². The molecule has 122 valence electrons. The monoisotopic (exact) mass is 352 g/mol. The maximum atomic E-state index is 12.4. The van der Waals surface area contributed by atoms with E-state index in [4.69, 9.17) is 0 Å². The van der Waals surface area contributed by atoms with Crippen LogP contribution in [0.4, 0.5) is 0 Å². The number of thioether (sulfide) groups is 1. The third-order valence-corrected chi connectivity index (χ3v) is 5.67. The van der Waals surface area contributed by atoms with Gasteiger partial charge < -0.3 is 10.4 Å². The Labute approximate surface area is 141 Å². The normalized spacial score (nSPS) is 16.9. The largest absolute Gasteiger partial charge is 0.480 e. The van der Waals surface area contributed by atoms with Crippen LogP contribution in [0.15, 0.2) is 17.8 Å². The molecule has 1 aliphatic rings. The van der Waals surface area contributed by atoms with E-state index in [1.807, 2.05) is 13.2 Å². The lowest BCUT2D eigenvalue weighted by molar-refractivity contribution is -0.144. The second-order valence-electron chi connectivity index (χ2n) is 5.39. The smallest absolute Gasteiger partial charge is 0.329 e. The van der Waals surface area contributed by atoms with E-state index in [9.17, 15) is 14.7 Å². The summed E-state index contributed by atoms with van der Waals surface area (Å²) in [6, 6.07) is 0. The number of carbonyl (C=O) groups excluding carboxylic acids is 1.